The lowest BCUT2D eigenvalue weighted by Gasteiger charge is -2.03. The van der Waals surface area contributed by atoms with Crippen LogP contribution in [-0.2, 0) is 4.79 Å². The molecule has 0 aromatic carbocycles. The van der Waals surface area contributed by atoms with Crippen LogP contribution in [0.2, 0.25) is 0 Å². The van der Waals surface area contributed by atoms with Gasteiger partial charge in [-0.2, -0.15) is 0 Å². The SMILES string of the molecule is CCC1CC1NCCNC(C)=O. The van der Waals surface area contributed by atoms with Gasteiger partial charge in [0.2, 0.25) is 5.91 Å². The molecule has 0 radical (unpaired) electrons. The molecule has 2 atom stereocenters. The van der Waals surface area contributed by atoms with Crippen molar-refractivity contribution in [1.82, 2.24) is 10.6 Å². The maximum absolute atomic E-state index is 10.5. The molecule has 12 heavy (non-hydrogen) atoms. The minimum atomic E-state index is 0.0552. The molecule has 0 saturated heterocycles. The summed E-state index contributed by atoms with van der Waals surface area (Å²) in [4.78, 5) is 10.5. The predicted octanol–water partition coefficient (Wildman–Crippen LogP) is 0.511. The molecule has 0 aromatic rings. The summed E-state index contributed by atoms with van der Waals surface area (Å²) in [5.41, 5.74) is 0. The van der Waals surface area contributed by atoms with Gasteiger partial charge in [0, 0.05) is 26.1 Å². The molecule has 1 saturated carbocycles. The molecule has 2 N–H and O–H groups in total. The Morgan fingerprint density at radius 1 is 1.50 bits per heavy atom. The van der Waals surface area contributed by atoms with Crippen molar-refractivity contribution in [1.29, 1.82) is 0 Å². The Balaban J connectivity index is 1.87. The zero-order valence-corrected chi connectivity index (χ0v) is 7.89. The van der Waals surface area contributed by atoms with Gasteiger partial charge in [-0.3, -0.25) is 4.79 Å². The molecule has 1 fully saturated rings. The van der Waals surface area contributed by atoms with Crippen LogP contribution in [0.5, 0.6) is 0 Å². The van der Waals surface area contributed by atoms with Crippen molar-refractivity contribution in [2.45, 2.75) is 32.7 Å². The minimum absolute atomic E-state index is 0.0552. The summed E-state index contributed by atoms with van der Waals surface area (Å²) in [6.07, 6.45) is 2.59. The van der Waals surface area contributed by atoms with E-state index in [4.69, 9.17) is 0 Å². The lowest BCUT2D eigenvalue weighted by Crippen LogP contribution is -2.31. The fourth-order valence-corrected chi connectivity index (χ4v) is 1.44. The number of rotatable bonds is 5. The maximum Gasteiger partial charge on any atom is 0.216 e. The average molecular weight is 170 g/mol. The van der Waals surface area contributed by atoms with Crippen molar-refractivity contribution in [3.8, 4) is 0 Å². The quantitative estimate of drug-likeness (QED) is 0.590. The lowest BCUT2D eigenvalue weighted by molar-refractivity contribution is -0.118. The first-order chi connectivity index (χ1) is 5.74. The zero-order chi connectivity index (χ0) is 8.97. The summed E-state index contributed by atoms with van der Waals surface area (Å²) in [6, 6.07) is 0.726. The van der Waals surface area contributed by atoms with Crippen molar-refractivity contribution in [2.75, 3.05) is 13.1 Å². The molecule has 0 aromatic heterocycles. The minimum Gasteiger partial charge on any atom is -0.355 e. The van der Waals surface area contributed by atoms with E-state index in [0.29, 0.717) is 0 Å². The number of carbonyl (C=O) groups excluding carboxylic acids is 1. The van der Waals surface area contributed by atoms with Crippen LogP contribution < -0.4 is 10.6 Å². The molecule has 1 amide bonds. The maximum atomic E-state index is 10.5. The Bertz CT molecular complexity index is 159. The average Bonchev–Trinajstić information content (AvgIpc) is 2.76. The van der Waals surface area contributed by atoms with Gasteiger partial charge in [0.05, 0.1) is 0 Å². The van der Waals surface area contributed by atoms with Crippen molar-refractivity contribution in [3.63, 3.8) is 0 Å². The summed E-state index contributed by atoms with van der Waals surface area (Å²) in [5.74, 6) is 0.946. The van der Waals surface area contributed by atoms with Crippen molar-refractivity contribution in [3.05, 3.63) is 0 Å². The Labute approximate surface area is 73.9 Å². The van der Waals surface area contributed by atoms with Crippen molar-refractivity contribution in [2.24, 2.45) is 5.92 Å². The van der Waals surface area contributed by atoms with Crippen molar-refractivity contribution < 1.29 is 4.79 Å². The number of amides is 1. The largest absolute Gasteiger partial charge is 0.355 e. The topological polar surface area (TPSA) is 41.1 Å². The predicted molar refractivity (Wildman–Crippen MR) is 48.9 cm³/mol. The van der Waals surface area contributed by atoms with Crippen LogP contribution in [-0.4, -0.2) is 25.0 Å². The zero-order valence-electron chi connectivity index (χ0n) is 7.89. The standard InChI is InChI=1S/C9H18N2O/c1-3-8-6-9(8)11-5-4-10-7(2)12/h8-9,11H,3-6H2,1-2H3,(H,10,12). The van der Waals surface area contributed by atoms with E-state index in [9.17, 15) is 4.79 Å². The number of nitrogens with one attached hydrogen (secondary N) is 2. The molecule has 1 aliphatic rings. The van der Waals surface area contributed by atoms with E-state index >= 15 is 0 Å². The van der Waals surface area contributed by atoms with E-state index in [1.54, 1.807) is 6.92 Å². The monoisotopic (exact) mass is 170 g/mol. The Morgan fingerprint density at radius 3 is 2.75 bits per heavy atom. The van der Waals surface area contributed by atoms with Crippen LogP contribution in [0.4, 0.5) is 0 Å². The van der Waals surface area contributed by atoms with Crippen LogP contribution in [0.3, 0.4) is 0 Å². The highest BCUT2D eigenvalue weighted by Gasteiger charge is 2.34. The third-order valence-electron chi connectivity index (χ3n) is 2.35. The van der Waals surface area contributed by atoms with E-state index in [1.165, 1.54) is 12.8 Å². The molecule has 0 spiro atoms. The normalized spacial score (nSPS) is 26.8. The number of hydrogen-bond acceptors (Lipinski definition) is 2. The molecule has 1 rings (SSSR count). The van der Waals surface area contributed by atoms with Gasteiger partial charge in [-0.05, 0) is 12.3 Å². The van der Waals surface area contributed by atoms with Crippen LogP contribution >= 0.6 is 0 Å². The van der Waals surface area contributed by atoms with E-state index in [2.05, 4.69) is 17.6 Å². The van der Waals surface area contributed by atoms with Gasteiger partial charge in [-0.1, -0.05) is 13.3 Å². The third-order valence-corrected chi connectivity index (χ3v) is 2.35. The van der Waals surface area contributed by atoms with Crippen LogP contribution in [0, 0.1) is 5.92 Å². The second-order valence-corrected chi connectivity index (χ2v) is 3.45. The first-order valence-electron chi connectivity index (χ1n) is 4.72. The Hall–Kier alpha value is -0.570. The molecule has 1 aliphatic carbocycles. The Kier molecular flexibility index (Phi) is 3.53. The van der Waals surface area contributed by atoms with E-state index in [1.807, 2.05) is 0 Å². The summed E-state index contributed by atoms with van der Waals surface area (Å²) >= 11 is 0. The molecular formula is C9H18N2O. The highest BCUT2D eigenvalue weighted by Crippen LogP contribution is 2.32. The summed E-state index contributed by atoms with van der Waals surface area (Å²) in [7, 11) is 0. The summed E-state index contributed by atoms with van der Waals surface area (Å²) < 4.78 is 0. The fraction of sp³-hybridized carbons (Fsp3) is 0.889. The first-order valence-corrected chi connectivity index (χ1v) is 4.72. The lowest BCUT2D eigenvalue weighted by atomic mass is 10.3. The Morgan fingerprint density at radius 2 is 2.25 bits per heavy atom. The van der Waals surface area contributed by atoms with Gasteiger partial charge in [0.25, 0.3) is 0 Å². The first kappa shape index (κ1) is 9.52. The van der Waals surface area contributed by atoms with Crippen LogP contribution in [0.1, 0.15) is 26.7 Å². The van der Waals surface area contributed by atoms with E-state index in [0.717, 1.165) is 25.0 Å². The molecule has 0 bridgehead atoms. The molecule has 70 valence electrons. The second-order valence-electron chi connectivity index (χ2n) is 3.45. The van der Waals surface area contributed by atoms with Crippen LogP contribution in [0.25, 0.3) is 0 Å². The third kappa shape index (κ3) is 3.22. The molecule has 3 nitrogen and oxygen atoms in total. The molecule has 2 unspecified atom stereocenters. The van der Waals surface area contributed by atoms with Gasteiger partial charge in [0.15, 0.2) is 0 Å². The van der Waals surface area contributed by atoms with Gasteiger partial charge >= 0.3 is 0 Å². The van der Waals surface area contributed by atoms with Gasteiger partial charge in [0.1, 0.15) is 0 Å². The molecule has 3 heteroatoms. The second kappa shape index (κ2) is 4.45. The highest BCUT2D eigenvalue weighted by molar-refractivity contribution is 5.72. The summed E-state index contributed by atoms with van der Waals surface area (Å²) in [5, 5.41) is 6.16. The van der Waals surface area contributed by atoms with Crippen molar-refractivity contribution >= 4 is 5.91 Å². The fourth-order valence-electron chi connectivity index (χ4n) is 1.44. The van der Waals surface area contributed by atoms with Gasteiger partial charge in [-0.25, -0.2) is 0 Å². The number of carbonyl (C=O) groups is 1. The smallest absolute Gasteiger partial charge is 0.216 e. The van der Waals surface area contributed by atoms with E-state index in [-0.39, 0.29) is 5.91 Å². The van der Waals surface area contributed by atoms with Crippen LogP contribution in [0.15, 0.2) is 0 Å². The molecule has 0 heterocycles. The number of hydrogen-bond donors (Lipinski definition) is 2. The summed E-state index contributed by atoms with van der Waals surface area (Å²) in [6.45, 7) is 5.43. The highest BCUT2D eigenvalue weighted by atomic mass is 16.1. The van der Waals surface area contributed by atoms with Gasteiger partial charge < -0.3 is 10.6 Å². The molecular weight excluding hydrogens is 152 g/mol. The van der Waals surface area contributed by atoms with E-state index < -0.39 is 0 Å². The molecule has 0 aliphatic heterocycles. The van der Waals surface area contributed by atoms with Gasteiger partial charge in [-0.15, -0.1) is 0 Å².